The zero-order valence-electron chi connectivity index (χ0n) is 17.5. The lowest BCUT2D eigenvalue weighted by atomic mass is 9.97. The molecule has 0 saturated carbocycles. The maximum atomic E-state index is 13.3. The second-order valence-electron chi connectivity index (χ2n) is 8.24. The van der Waals surface area contributed by atoms with E-state index in [2.05, 4.69) is 20.2 Å². The number of thiophene rings is 1. The highest BCUT2D eigenvalue weighted by molar-refractivity contribution is 7.18. The molecule has 1 aliphatic rings. The van der Waals surface area contributed by atoms with E-state index >= 15 is 0 Å². The summed E-state index contributed by atoms with van der Waals surface area (Å²) in [4.78, 5) is 29.3. The molecule has 0 atom stereocenters. The number of nitrogens with zero attached hydrogens (tertiary/aromatic N) is 8. The summed E-state index contributed by atoms with van der Waals surface area (Å²) >= 11 is 1.66. The summed E-state index contributed by atoms with van der Waals surface area (Å²) in [6.45, 7) is 0.252. The van der Waals surface area contributed by atoms with Crippen molar-refractivity contribution in [2.75, 3.05) is 0 Å². The minimum Gasteiger partial charge on any atom is -0.291 e. The van der Waals surface area contributed by atoms with Gasteiger partial charge in [0.15, 0.2) is 17.1 Å². The maximum Gasteiger partial charge on any atom is 0.262 e. The molecule has 33 heavy (non-hydrogen) atoms. The van der Waals surface area contributed by atoms with Crippen LogP contribution in [0.25, 0.3) is 32.6 Å². The first-order valence-electron chi connectivity index (χ1n) is 10.9. The fraction of sp³-hybridized carbons (Fsp3) is 0.217. The van der Waals surface area contributed by atoms with Crippen LogP contribution in [0, 0.1) is 0 Å². The van der Waals surface area contributed by atoms with Crippen molar-refractivity contribution in [2.24, 2.45) is 0 Å². The largest absolute Gasteiger partial charge is 0.291 e. The Bertz CT molecular complexity index is 1730. The van der Waals surface area contributed by atoms with Crippen LogP contribution in [0.1, 0.15) is 29.1 Å². The topological polar surface area (TPSA) is 95.8 Å². The first-order chi connectivity index (χ1) is 16.3. The Morgan fingerprint density at radius 1 is 1.00 bits per heavy atom. The van der Waals surface area contributed by atoms with Crippen LogP contribution in [0.2, 0.25) is 0 Å². The first-order valence-corrected chi connectivity index (χ1v) is 11.7. The molecule has 162 valence electrons. The van der Waals surface area contributed by atoms with Crippen molar-refractivity contribution in [2.45, 2.75) is 32.2 Å². The van der Waals surface area contributed by atoms with Gasteiger partial charge in [0.1, 0.15) is 11.2 Å². The van der Waals surface area contributed by atoms with Crippen LogP contribution in [0.4, 0.5) is 0 Å². The van der Waals surface area contributed by atoms with Crippen LogP contribution in [0.5, 0.6) is 0 Å². The van der Waals surface area contributed by atoms with Crippen LogP contribution in [0.15, 0.2) is 54.0 Å². The molecule has 7 rings (SSSR count). The van der Waals surface area contributed by atoms with Crippen LogP contribution in [-0.4, -0.2) is 38.9 Å². The normalized spacial score (nSPS) is 13.8. The zero-order valence-corrected chi connectivity index (χ0v) is 18.4. The molecule has 5 heterocycles. The molecule has 5 aromatic heterocycles. The molecule has 0 aliphatic heterocycles. The van der Waals surface area contributed by atoms with Crippen molar-refractivity contribution in [3.63, 3.8) is 0 Å². The highest BCUT2D eigenvalue weighted by atomic mass is 32.1. The van der Waals surface area contributed by atoms with Gasteiger partial charge in [0.25, 0.3) is 5.56 Å². The fourth-order valence-electron chi connectivity index (χ4n) is 4.64. The number of aryl methyl sites for hydroxylation is 2. The molecule has 10 heteroatoms. The van der Waals surface area contributed by atoms with Gasteiger partial charge in [0, 0.05) is 4.88 Å². The Kier molecular flexibility index (Phi) is 3.98. The average Bonchev–Trinajstić information content (AvgIpc) is 3.55. The Morgan fingerprint density at radius 3 is 2.79 bits per heavy atom. The van der Waals surface area contributed by atoms with E-state index in [0.29, 0.717) is 17.1 Å². The van der Waals surface area contributed by atoms with Gasteiger partial charge in [-0.25, -0.2) is 24.1 Å². The van der Waals surface area contributed by atoms with Gasteiger partial charge in [0.05, 0.1) is 35.5 Å². The second-order valence-corrected chi connectivity index (χ2v) is 9.32. The van der Waals surface area contributed by atoms with Gasteiger partial charge < -0.3 is 0 Å². The summed E-state index contributed by atoms with van der Waals surface area (Å²) in [6.07, 6.45) is 9.31. The molecule has 9 nitrogen and oxygen atoms in total. The van der Waals surface area contributed by atoms with E-state index in [-0.39, 0.29) is 12.1 Å². The number of aromatic nitrogens is 8. The second kappa shape index (κ2) is 7.04. The van der Waals surface area contributed by atoms with Crippen LogP contribution in [-0.2, 0) is 19.4 Å². The van der Waals surface area contributed by atoms with Gasteiger partial charge in [0.2, 0.25) is 0 Å². The standard InChI is InChI=1S/C23H18N8OS/c32-23-19-15-8-4-5-9-17(15)33-22(19)25-12-29(23)11-18-27-21-16-10-26-31(14-6-2-1-3-7-14)20(16)24-13-30(21)28-18/h1-3,6-7,10,12-13H,4-5,8-9,11H2. The summed E-state index contributed by atoms with van der Waals surface area (Å²) in [5.41, 5.74) is 3.47. The quantitative estimate of drug-likeness (QED) is 0.408. The van der Waals surface area contributed by atoms with E-state index < -0.39 is 0 Å². The lowest BCUT2D eigenvalue weighted by molar-refractivity contribution is 0.690. The van der Waals surface area contributed by atoms with Crippen molar-refractivity contribution in [1.82, 2.24) is 38.9 Å². The molecule has 6 aromatic rings. The molecule has 0 fully saturated rings. The third-order valence-corrected chi connectivity index (χ3v) is 7.40. The maximum absolute atomic E-state index is 13.3. The molecule has 0 amide bonds. The number of hydrogen-bond acceptors (Lipinski definition) is 7. The minimum atomic E-state index is -0.0153. The van der Waals surface area contributed by atoms with Crippen LogP contribution in [0.3, 0.4) is 0 Å². The predicted molar refractivity (Wildman–Crippen MR) is 125 cm³/mol. The zero-order chi connectivity index (χ0) is 21.9. The Labute approximate surface area is 191 Å². The van der Waals surface area contributed by atoms with Crippen LogP contribution < -0.4 is 5.56 Å². The Morgan fingerprint density at radius 2 is 1.88 bits per heavy atom. The van der Waals surface area contributed by atoms with E-state index in [9.17, 15) is 4.79 Å². The van der Waals surface area contributed by atoms with Gasteiger partial charge in [-0.3, -0.25) is 9.36 Å². The molecule has 0 N–H and O–H groups in total. The number of fused-ring (bicyclic) bond motifs is 6. The molecule has 0 unspecified atom stereocenters. The van der Waals surface area contributed by atoms with E-state index in [0.717, 1.165) is 40.6 Å². The van der Waals surface area contributed by atoms with Gasteiger partial charge >= 0.3 is 0 Å². The summed E-state index contributed by atoms with van der Waals surface area (Å²) in [5.74, 6) is 0.532. The van der Waals surface area contributed by atoms with E-state index in [4.69, 9.17) is 4.98 Å². The molecule has 1 aromatic carbocycles. The number of para-hydroxylation sites is 1. The molecule has 0 radical (unpaired) electrons. The number of rotatable bonds is 3. The molecular weight excluding hydrogens is 436 g/mol. The van der Waals surface area contributed by atoms with Crippen molar-refractivity contribution in [3.8, 4) is 5.69 Å². The summed E-state index contributed by atoms with van der Waals surface area (Å²) in [6, 6.07) is 9.85. The molecular formula is C23H18N8OS. The third kappa shape index (κ3) is 2.83. The van der Waals surface area contributed by atoms with Gasteiger partial charge in [-0.05, 0) is 43.4 Å². The van der Waals surface area contributed by atoms with Gasteiger partial charge in [-0.2, -0.15) is 5.10 Å². The smallest absolute Gasteiger partial charge is 0.262 e. The number of benzene rings is 1. The van der Waals surface area contributed by atoms with Crippen molar-refractivity contribution >= 4 is 38.2 Å². The lowest BCUT2D eigenvalue weighted by Gasteiger charge is -2.10. The molecule has 1 aliphatic carbocycles. The van der Waals surface area contributed by atoms with E-state index in [1.165, 1.54) is 16.9 Å². The predicted octanol–water partition coefficient (Wildman–Crippen LogP) is 3.16. The Balaban J connectivity index is 1.31. The molecule has 0 bridgehead atoms. The molecule has 0 saturated heterocycles. The lowest BCUT2D eigenvalue weighted by Crippen LogP contribution is -2.22. The fourth-order valence-corrected chi connectivity index (χ4v) is 5.86. The van der Waals surface area contributed by atoms with Gasteiger partial charge in [-0.1, -0.05) is 18.2 Å². The van der Waals surface area contributed by atoms with Crippen molar-refractivity contribution in [3.05, 3.63) is 75.8 Å². The van der Waals surface area contributed by atoms with E-state index in [1.54, 1.807) is 44.0 Å². The van der Waals surface area contributed by atoms with E-state index in [1.807, 2.05) is 30.3 Å². The summed E-state index contributed by atoms with van der Waals surface area (Å²) in [5, 5.41) is 10.6. The minimum absolute atomic E-state index is 0.0153. The summed E-state index contributed by atoms with van der Waals surface area (Å²) in [7, 11) is 0. The van der Waals surface area contributed by atoms with Crippen molar-refractivity contribution < 1.29 is 0 Å². The van der Waals surface area contributed by atoms with Crippen LogP contribution >= 0.6 is 11.3 Å². The molecule has 0 spiro atoms. The summed E-state index contributed by atoms with van der Waals surface area (Å²) < 4.78 is 5.03. The van der Waals surface area contributed by atoms with Crippen molar-refractivity contribution in [1.29, 1.82) is 0 Å². The highest BCUT2D eigenvalue weighted by Gasteiger charge is 2.21. The Hall–Kier alpha value is -3.92. The monoisotopic (exact) mass is 454 g/mol. The first kappa shape index (κ1) is 18.6. The van der Waals surface area contributed by atoms with Gasteiger partial charge in [-0.15, -0.1) is 16.4 Å². The average molecular weight is 455 g/mol. The third-order valence-electron chi connectivity index (χ3n) is 6.20. The highest BCUT2D eigenvalue weighted by Crippen LogP contribution is 2.33. The SMILES string of the molecule is O=c1c2c3c(sc2ncn1Cc1nc2c4cnn(-c5ccccc5)c4ncn2n1)CCCC3. The number of hydrogen-bond donors (Lipinski definition) is 0.